The standard InChI is InChI=1S/C11H18N2O2/c1-8(2)6-10-12-7-9(13(10)3)4-5-11(14)15/h7-8H,4-6H2,1-3H3,(H,14,15). The number of hydrogen-bond donors (Lipinski definition) is 1. The number of rotatable bonds is 5. The summed E-state index contributed by atoms with van der Waals surface area (Å²) in [5.74, 6) is 0.838. The molecule has 0 saturated carbocycles. The van der Waals surface area contributed by atoms with E-state index in [0.29, 0.717) is 12.3 Å². The van der Waals surface area contributed by atoms with Crippen LogP contribution in [0.2, 0.25) is 0 Å². The van der Waals surface area contributed by atoms with Gasteiger partial charge in [-0.2, -0.15) is 0 Å². The molecule has 1 rings (SSSR count). The fraction of sp³-hybridized carbons (Fsp3) is 0.636. The fourth-order valence-corrected chi connectivity index (χ4v) is 1.51. The van der Waals surface area contributed by atoms with Crippen molar-refractivity contribution >= 4 is 5.97 Å². The van der Waals surface area contributed by atoms with Crippen molar-refractivity contribution in [3.63, 3.8) is 0 Å². The van der Waals surface area contributed by atoms with Gasteiger partial charge in [0.1, 0.15) is 5.82 Å². The number of aliphatic carboxylic acids is 1. The van der Waals surface area contributed by atoms with E-state index in [9.17, 15) is 4.79 Å². The fourth-order valence-electron chi connectivity index (χ4n) is 1.51. The van der Waals surface area contributed by atoms with Gasteiger partial charge in [0.2, 0.25) is 0 Å². The number of aryl methyl sites for hydroxylation is 1. The van der Waals surface area contributed by atoms with E-state index in [2.05, 4.69) is 18.8 Å². The first-order valence-corrected chi connectivity index (χ1v) is 5.22. The first-order valence-electron chi connectivity index (χ1n) is 5.22. The van der Waals surface area contributed by atoms with Gasteiger partial charge >= 0.3 is 5.97 Å². The molecule has 0 unspecified atom stereocenters. The van der Waals surface area contributed by atoms with Crippen LogP contribution in [0.15, 0.2) is 6.20 Å². The summed E-state index contributed by atoms with van der Waals surface area (Å²) in [6.45, 7) is 4.29. The van der Waals surface area contributed by atoms with Crippen molar-refractivity contribution in [2.45, 2.75) is 33.1 Å². The summed E-state index contributed by atoms with van der Waals surface area (Å²) in [4.78, 5) is 14.7. The second-order valence-corrected chi connectivity index (χ2v) is 4.22. The molecule has 1 aromatic heterocycles. The van der Waals surface area contributed by atoms with Crippen LogP contribution in [0.25, 0.3) is 0 Å². The number of imidazole rings is 1. The maximum Gasteiger partial charge on any atom is 0.303 e. The van der Waals surface area contributed by atoms with Crippen molar-refractivity contribution in [3.05, 3.63) is 17.7 Å². The SMILES string of the molecule is CC(C)Cc1ncc(CCC(=O)O)n1C. The second-order valence-electron chi connectivity index (χ2n) is 4.22. The molecule has 1 heterocycles. The van der Waals surface area contributed by atoms with Crippen molar-refractivity contribution in [3.8, 4) is 0 Å². The minimum Gasteiger partial charge on any atom is -0.481 e. The molecule has 0 aliphatic carbocycles. The molecule has 0 aliphatic heterocycles. The molecular weight excluding hydrogens is 192 g/mol. The lowest BCUT2D eigenvalue weighted by Gasteiger charge is -2.06. The highest BCUT2D eigenvalue weighted by atomic mass is 16.4. The normalized spacial score (nSPS) is 10.9. The average molecular weight is 210 g/mol. The molecule has 0 spiro atoms. The number of nitrogens with zero attached hydrogens (tertiary/aromatic N) is 2. The number of carboxylic acid groups (broad SMARTS) is 1. The maximum atomic E-state index is 10.4. The zero-order chi connectivity index (χ0) is 11.4. The predicted molar refractivity (Wildman–Crippen MR) is 57.7 cm³/mol. The Labute approximate surface area is 89.9 Å². The van der Waals surface area contributed by atoms with Crippen LogP contribution in [0.5, 0.6) is 0 Å². The molecule has 1 aromatic rings. The molecule has 0 amide bonds. The number of carbonyl (C=O) groups is 1. The molecule has 0 fully saturated rings. The van der Waals surface area contributed by atoms with E-state index < -0.39 is 5.97 Å². The van der Waals surface area contributed by atoms with Gasteiger partial charge in [0.15, 0.2) is 0 Å². The maximum absolute atomic E-state index is 10.4. The average Bonchev–Trinajstić information content (AvgIpc) is 2.44. The van der Waals surface area contributed by atoms with Gasteiger partial charge in [0, 0.05) is 25.4 Å². The third-order valence-electron chi connectivity index (χ3n) is 2.37. The molecule has 4 nitrogen and oxygen atoms in total. The summed E-state index contributed by atoms with van der Waals surface area (Å²) in [7, 11) is 1.95. The molecule has 0 bridgehead atoms. The minimum absolute atomic E-state index is 0.167. The summed E-state index contributed by atoms with van der Waals surface area (Å²) >= 11 is 0. The summed E-state index contributed by atoms with van der Waals surface area (Å²) in [5.41, 5.74) is 0.994. The highest BCUT2D eigenvalue weighted by molar-refractivity contribution is 5.66. The van der Waals surface area contributed by atoms with Crippen molar-refractivity contribution < 1.29 is 9.90 Å². The van der Waals surface area contributed by atoms with Gasteiger partial charge in [-0.1, -0.05) is 13.8 Å². The van der Waals surface area contributed by atoms with E-state index in [0.717, 1.165) is 17.9 Å². The Kier molecular flexibility index (Phi) is 3.88. The second kappa shape index (κ2) is 4.96. The van der Waals surface area contributed by atoms with Crippen LogP contribution >= 0.6 is 0 Å². The van der Waals surface area contributed by atoms with Crippen LogP contribution < -0.4 is 0 Å². The van der Waals surface area contributed by atoms with Gasteiger partial charge in [0.05, 0.1) is 6.42 Å². The Bertz CT molecular complexity index is 342. The van der Waals surface area contributed by atoms with Crippen LogP contribution in [0.3, 0.4) is 0 Å². The van der Waals surface area contributed by atoms with Gasteiger partial charge in [-0.15, -0.1) is 0 Å². The first-order chi connectivity index (χ1) is 7.00. The highest BCUT2D eigenvalue weighted by Crippen LogP contribution is 2.10. The number of carboxylic acids is 1. The first kappa shape index (κ1) is 11.8. The molecule has 1 N–H and O–H groups in total. The number of hydrogen-bond acceptors (Lipinski definition) is 2. The van der Waals surface area contributed by atoms with Crippen molar-refractivity contribution in [1.29, 1.82) is 0 Å². The summed E-state index contributed by atoms with van der Waals surface area (Å²) in [6, 6.07) is 0. The smallest absolute Gasteiger partial charge is 0.303 e. The van der Waals surface area contributed by atoms with Crippen LogP contribution in [-0.4, -0.2) is 20.6 Å². The van der Waals surface area contributed by atoms with Crippen LogP contribution in [-0.2, 0) is 24.7 Å². The van der Waals surface area contributed by atoms with E-state index in [1.54, 1.807) is 6.20 Å². The molecule has 0 aromatic carbocycles. The highest BCUT2D eigenvalue weighted by Gasteiger charge is 2.09. The zero-order valence-corrected chi connectivity index (χ0v) is 9.53. The molecule has 0 atom stereocenters. The van der Waals surface area contributed by atoms with Crippen molar-refractivity contribution in [2.75, 3.05) is 0 Å². The van der Waals surface area contributed by atoms with Crippen LogP contribution in [0.1, 0.15) is 31.8 Å². The Morgan fingerprint density at radius 1 is 1.60 bits per heavy atom. The zero-order valence-electron chi connectivity index (χ0n) is 9.53. The van der Waals surface area contributed by atoms with Gasteiger partial charge in [-0.25, -0.2) is 4.98 Å². The molecular formula is C11H18N2O2. The van der Waals surface area contributed by atoms with E-state index in [4.69, 9.17) is 5.11 Å². The Morgan fingerprint density at radius 3 is 2.80 bits per heavy atom. The lowest BCUT2D eigenvalue weighted by molar-refractivity contribution is -0.136. The molecule has 15 heavy (non-hydrogen) atoms. The van der Waals surface area contributed by atoms with E-state index >= 15 is 0 Å². The Balaban J connectivity index is 2.66. The quantitative estimate of drug-likeness (QED) is 0.803. The molecule has 0 radical (unpaired) electrons. The topological polar surface area (TPSA) is 55.1 Å². The Morgan fingerprint density at radius 2 is 2.27 bits per heavy atom. The largest absolute Gasteiger partial charge is 0.481 e. The summed E-state index contributed by atoms with van der Waals surface area (Å²) < 4.78 is 2.00. The third kappa shape index (κ3) is 3.38. The van der Waals surface area contributed by atoms with Gasteiger partial charge in [0.25, 0.3) is 0 Å². The van der Waals surface area contributed by atoms with Gasteiger partial charge in [-0.3, -0.25) is 4.79 Å². The molecule has 84 valence electrons. The van der Waals surface area contributed by atoms with E-state index in [-0.39, 0.29) is 6.42 Å². The summed E-state index contributed by atoms with van der Waals surface area (Å²) in [5, 5.41) is 8.59. The van der Waals surface area contributed by atoms with Crippen molar-refractivity contribution in [2.24, 2.45) is 13.0 Å². The molecule has 4 heteroatoms. The minimum atomic E-state index is -0.762. The molecule has 0 aliphatic rings. The lowest BCUT2D eigenvalue weighted by atomic mass is 10.1. The molecule has 0 saturated heterocycles. The monoisotopic (exact) mass is 210 g/mol. The lowest BCUT2D eigenvalue weighted by Crippen LogP contribution is -2.06. The van der Waals surface area contributed by atoms with E-state index in [1.165, 1.54) is 0 Å². The van der Waals surface area contributed by atoms with Crippen LogP contribution in [0.4, 0.5) is 0 Å². The van der Waals surface area contributed by atoms with Gasteiger partial charge in [-0.05, 0) is 12.3 Å². The summed E-state index contributed by atoms with van der Waals surface area (Å²) in [6.07, 6.45) is 3.43. The van der Waals surface area contributed by atoms with Gasteiger partial charge < -0.3 is 9.67 Å². The number of aromatic nitrogens is 2. The third-order valence-corrected chi connectivity index (χ3v) is 2.37. The van der Waals surface area contributed by atoms with Crippen LogP contribution in [0, 0.1) is 5.92 Å². The van der Waals surface area contributed by atoms with E-state index in [1.807, 2.05) is 11.6 Å². The Hall–Kier alpha value is -1.32. The van der Waals surface area contributed by atoms with Crippen molar-refractivity contribution in [1.82, 2.24) is 9.55 Å². The predicted octanol–water partition coefficient (Wildman–Crippen LogP) is 1.64.